The molecule has 1 N–H and O–H groups in total. The monoisotopic (exact) mass is 196 g/mol. The molecule has 0 aromatic carbocycles. The number of hydrogen-bond donors (Lipinski definition) is 1. The molecule has 0 bridgehead atoms. The van der Waals surface area contributed by atoms with Crippen molar-refractivity contribution in [1.29, 1.82) is 0 Å². The van der Waals surface area contributed by atoms with Gasteiger partial charge in [0.2, 0.25) is 0 Å². The first-order chi connectivity index (χ1) is 6.37. The van der Waals surface area contributed by atoms with Crippen molar-refractivity contribution in [1.82, 2.24) is 0 Å². The topological polar surface area (TPSA) is 20.2 Å². The Kier molecular flexibility index (Phi) is 3.41. The Morgan fingerprint density at radius 2 is 1.93 bits per heavy atom. The van der Waals surface area contributed by atoms with Crippen molar-refractivity contribution in [3.63, 3.8) is 0 Å². The zero-order chi connectivity index (χ0) is 10.8. The van der Waals surface area contributed by atoms with Gasteiger partial charge in [0.1, 0.15) is 0 Å². The Morgan fingerprint density at radius 1 is 1.29 bits per heavy atom. The van der Waals surface area contributed by atoms with Crippen molar-refractivity contribution in [2.75, 3.05) is 0 Å². The lowest BCUT2D eigenvalue weighted by molar-refractivity contribution is 0.0712. The summed E-state index contributed by atoms with van der Waals surface area (Å²) in [5.74, 6) is 0.747. The summed E-state index contributed by atoms with van der Waals surface area (Å²) in [4.78, 5) is 0. The Bertz CT molecular complexity index is 202. The summed E-state index contributed by atoms with van der Waals surface area (Å²) in [5, 5.41) is 10.1. The van der Waals surface area contributed by atoms with E-state index in [1.165, 1.54) is 6.42 Å². The van der Waals surface area contributed by atoms with E-state index >= 15 is 0 Å². The molecule has 0 radical (unpaired) electrons. The first kappa shape index (κ1) is 11.8. The maximum Gasteiger partial charge on any atom is 0.0825 e. The summed E-state index contributed by atoms with van der Waals surface area (Å²) >= 11 is 0. The lowest BCUT2D eigenvalue weighted by Crippen LogP contribution is -2.25. The van der Waals surface area contributed by atoms with Gasteiger partial charge < -0.3 is 5.11 Å². The molecule has 0 amide bonds. The summed E-state index contributed by atoms with van der Waals surface area (Å²) in [6, 6.07) is 0. The Labute approximate surface area is 88.2 Å². The molecule has 14 heavy (non-hydrogen) atoms. The molecule has 82 valence electrons. The van der Waals surface area contributed by atoms with E-state index in [1.54, 1.807) is 6.08 Å². The SMILES string of the molecule is C=CC1(O)CCCC(C(C)(C)C)CC1. The van der Waals surface area contributed by atoms with Gasteiger partial charge >= 0.3 is 0 Å². The molecule has 2 atom stereocenters. The third-order valence-electron chi connectivity index (χ3n) is 3.69. The van der Waals surface area contributed by atoms with Crippen molar-refractivity contribution in [2.45, 2.75) is 58.5 Å². The maximum atomic E-state index is 10.1. The van der Waals surface area contributed by atoms with Crippen LogP contribution in [0.15, 0.2) is 12.7 Å². The Morgan fingerprint density at radius 3 is 2.43 bits per heavy atom. The molecule has 0 aliphatic heterocycles. The minimum absolute atomic E-state index is 0.381. The molecule has 1 aliphatic rings. The van der Waals surface area contributed by atoms with E-state index < -0.39 is 5.60 Å². The van der Waals surface area contributed by atoms with E-state index in [1.807, 2.05) is 0 Å². The van der Waals surface area contributed by atoms with Crippen LogP contribution in [0, 0.1) is 11.3 Å². The molecule has 0 spiro atoms. The fourth-order valence-electron chi connectivity index (χ4n) is 2.42. The smallest absolute Gasteiger partial charge is 0.0825 e. The van der Waals surface area contributed by atoms with Crippen LogP contribution in [-0.2, 0) is 0 Å². The zero-order valence-corrected chi connectivity index (χ0v) is 9.84. The Balaban J connectivity index is 2.62. The summed E-state index contributed by atoms with van der Waals surface area (Å²) < 4.78 is 0. The predicted octanol–water partition coefficient (Wildman–Crippen LogP) is 3.53. The second-order valence-electron chi connectivity index (χ2n) is 5.80. The highest BCUT2D eigenvalue weighted by Gasteiger charge is 2.32. The molecule has 1 nitrogen and oxygen atoms in total. The van der Waals surface area contributed by atoms with Crippen molar-refractivity contribution in [2.24, 2.45) is 11.3 Å². The molecule has 1 heteroatoms. The van der Waals surface area contributed by atoms with Gasteiger partial charge in [-0.05, 0) is 43.4 Å². The van der Waals surface area contributed by atoms with Crippen molar-refractivity contribution < 1.29 is 5.11 Å². The van der Waals surface area contributed by atoms with Crippen molar-refractivity contribution in [3.8, 4) is 0 Å². The number of rotatable bonds is 1. The maximum absolute atomic E-state index is 10.1. The van der Waals surface area contributed by atoms with Crippen LogP contribution in [0.4, 0.5) is 0 Å². The van der Waals surface area contributed by atoms with Crippen LogP contribution in [0.1, 0.15) is 52.9 Å². The van der Waals surface area contributed by atoms with E-state index in [-0.39, 0.29) is 0 Å². The summed E-state index contributed by atoms with van der Waals surface area (Å²) in [6.07, 6.45) is 7.02. The first-order valence-corrected chi connectivity index (χ1v) is 5.73. The van der Waals surface area contributed by atoms with Crippen LogP contribution >= 0.6 is 0 Å². The average Bonchev–Trinajstić information content (AvgIpc) is 2.27. The lowest BCUT2D eigenvalue weighted by atomic mass is 9.76. The van der Waals surface area contributed by atoms with Crippen LogP contribution in [-0.4, -0.2) is 10.7 Å². The molecule has 0 heterocycles. The average molecular weight is 196 g/mol. The second-order valence-corrected chi connectivity index (χ2v) is 5.80. The van der Waals surface area contributed by atoms with Crippen molar-refractivity contribution >= 4 is 0 Å². The van der Waals surface area contributed by atoms with E-state index in [9.17, 15) is 5.11 Å². The van der Waals surface area contributed by atoms with Crippen LogP contribution in [0.5, 0.6) is 0 Å². The van der Waals surface area contributed by atoms with Gasteiger partial charge in [0, 0.05) is 0 Å². The van der Waals surface area contributed by atoms with Gasteiger partial charge in [0.15, 0.2) is 0 Å². The van der Waals surface area contributed by atoms with Gasteiger partial charge in [-0.25, -0.2) is 0 Å². The largest absolute Gasteiger partial charge is 0.386 e. The third-order valence-corrected chi connectivity index (χ3v) is 3.69. The molecule has 0 aromatic heterocycles. The van der Waals surface area contributed by atoms with Crippen LogP contribution < -0.4 is 0 Å². The fourth-order valence-corrected chi connectivity index (χ4v) is 2.42. The lowest BCUT2D eigenvalue weighted by Gasteiger charge is -2.30. The van der Waals surface area contributed by atoms with Gasteiger partial charge in [-0.1, -0.05) is 26.8 Å². The molecular weight excluding hydrogens is 172 g/mol. The van der Waals surface area contributed by atoms with E-state index in [0.717, 1.165) is 31.6 Å². The summed E-state index contributed by atoms with van der Waals surface area (Å²) in [5.41, 5.74) is -0.202. The Hall–Kier alpha value is -0.300. The van der Waals surface area contributed by atoms with Gasteiger partial charge in [-0.3, -0.25) is 0 Å². The van der Waals surface area contributed by atoms with Crippen LogP contribution in [0.2, 0.25) is 0 Å². The predicted molar refractivity (Wildman–Crippen MR) is 61.2 cm³/mol. The van der Waals surface area contributed by atoms with Gasteiger partial charge in [-0.2, -0.15) is 0 Å². The normalized spacial score (nSPS) is 35.0. The van der Waals surface area contributed by atoms with E-state index in [2.05, 4.69) is 27.4 Å². The standard InChI is InChI=1S/C13H24O/c1-5-13(14)9-6-7-11(8-10-13)12(2,3)4/h5,11,14H,1,6-10H2,2-4H3. The van der Waals surface area contributed by atoms with Gasteiger partial charge in [0.05, 0.1) is 5.60 Å². The summed E-state index contributed by atoms with van der Waals surface area (Å²) in [7, 11) is 0. The molecule has 1 aliphatic carbocycles. The van der Waals surface area contributed by atoms with Gasteiger partial charge in [0.25, 0.3) is 0 Å². The number of hydrogen-bond acceptors (Lipinski definition) is 1. The minimum Gasteiger partial charge on any atom is -0.386 e. The highest BCUT2D eigenvalue weighted by molar-refractivity contribution is 4.98. The minimum atomic E-state index is -0.583. The molecule has 0 saturated heterocycles. The second kappa shape index (κ2) is 4.06. The molecule has 0 aromatic rings. The zero-order valence-electron chi connectivity index (χ0n) is 9.84. The van der Waals surface area contributed by atoms with Crippen molar-refractivity contribution in [3.05, 3.63) is 12.7 Å². The fraction of sp³-hybridized carbons (Fsp3) is 0.846. The molecule has 1 fully saturated rings. The highest BCUT2D eigenvalue weighted by atomic mass is 16.3. The molecule has 1 saturated carbocycles. The molecule has 1 rings (SSSR count). The summed E-state index contributed by atoms with van der Waals surface area (Å²) in [6.45, 7) is 10.6. The first-order valence-electron chi connectivity index (χ1n) is 5.73. The highest BCUT2D eigenvalue weighted by Crippen LogP contribution is 2.39. The molecule has 2 unspecified atom stereocenters. The number of aliphatic hydroxyl groups is 1. The third kappa shape index (κ3) is 2.84. The van der Waals surface area contributed by atoms with Gasteiger partial charge in [-0.15, -0.1) is 6.58 Å². The van der Waals surface area contributed by atoms with E-state index in [0.29, 0.717) is 5.41 Å². The van der Waals surface area contributed by atoms with E-state index in [4.69, 9.17) is 0 Å². The quantitative estimate of drug-likeness (QED) is 0.502. The molecular formula is C13H24O. The van der Waals surface area contributed by atoms with Crippen LogP contribution in [0.25, 0.3) is 0 Å². The van der Waals surface area contributed by atoms with Crippen LogP contribution in [0.3, 0.4) is 0 Å².